The molecule has 3 nitrogen and oxygen atoms in total. The first kappa shape index (κ1) is 18.1. The Morgan fingerprint density at radius 3 is 2.32 bits per heavy atom. The summed E-state index contributed by atoms with van der Waals surface area (Å²) in [5.41, 5.74) is 2.95. The monoisotopic (exact) mass is 374 g/mol. The number of aryl methyl sites for hydroxylation is 1. The lowest BCUT2D eigenvalue weighted by atomic mass is 9.73. The molecule has 0 saturated heterocycles. The number of halogens is 1. The highest BCUT2D eigenvalue weighted by atomic mass is 19.1. The number of benzene rings is 3. The normalized spacial score (nSPS) is 15.8. The second kappa shape index (κ2) is 7.04. The fourth-order valence-electron chi connectivity index (χ4n) is 3.84. The molecule has 0 spiro atoms. The lowest BCUT2D eigenvalue weighted by Gasteiger charge is -2.32. The van der Waals surface area contributed by atoms with Gasteiger partial charge in [0, 0.05) is 22.6 Å². The van der Waals surface area contributed by atoms with Gasteiger partial charge in [-0.1, -0.05) is 35.9 Å². The maximum absolute atomic E-state index is 13.3. The molecular formula is C24H19FO3. The van der Waals surface area contributed by atoms with Crippen LogP contribution in [0.4, 0.5) is 4.39 Å². The molecule has 0 aromatic heterocycles. The van der Waals surface area contributed by atoms with Crippen LogP contribution in [-0.4, -0.2) is 11.6 Å². The van der Waals surface area contributed by atoms with E-state index in [4.69, 9.17) is 4.74 Å². The first-order valence-electron chi connectivity index (χ1n) is 9.13. The molecule has 28 heavy (non-hydrogen) atoms. The van der Waals surface area contributed by atoms with Crippen molar-refractivity contribution >= 4 is 11.6 Å². The maximum Gasteiger partial charge on any atom is 0.174 e. The van der Waals surface area contributed by atoms with Crippen LogP contribution >= 0.6 is 0 Å². The van der Waals surface area contributed by atoms with Crippen LogP contribution in [-0.2, 0) is 4.79 Å². The first-order chi connectivity index (χ1) is 13.5. The van der Waals surface area contributed by atoms with Gasteiger partial charge in [-0.25, -0.2) is 4.39 Å². The van der Waals surface area contributed by atoms with E-state index < -0.39 is 17.7 Å². The fraction of sp³-hybridized carbons (Fsp3) is 0.167. The van der Waals surface area contributed by atoms with Crippen molar-refractivity contribution in [1.29, 1.82) is 0 Å². The van der Waals surface area contributed by atoms with Crippen LogP contribution in [0.5, 0.6) is 11.5 Å². The molecule has 140 valence electrons. The smallest absolute Gasteiger partial charge is 0.174 e. The van der Waals surface area contributed by atoms with Gasteiger partial charge in [0.05, 0.1) is 5.92 Å². The largest absolute Gasteiger partial charge is 0.457 e. The summed E-state index contributed by atoms with van der Waals surface area (Å²) in [5.74, 6) is -1.07. The van der Waals surface area contributed by atoms with Gasteiger partial charge in [-0.3, -0.25) is 9.59 Å². The van der Waals surface area contributed by atoms with Crippen molar-refractivity contribution in [3.63, 3.8) is 0 Å². The van der Waals surface area contributed by atoms with Gasteiger partial charge in [-0.05, 0) is 50.2 Å². The number of rotatable bonds is 4. The second-order valence-corrected chi connectivity index (χ2v) is 7.12. The van der Waals surface area contributed by atoms with Crippen molar-refractivity contribution in [3.8, 4) is 11.5 Å². The number of fused-ring (bicyclic) bond motifs is 2. The zero-order chi connectivity index (χ0) is 19.8. The van der Waals surface area contributed by atoms with Gasteiger partial charge in [0.25, 0.3) is 0 Å². The van der Waals surface area contributed by atoms with Crippen molar-refractivity contribution in [2.75, 3.05) is 0 Å². The number of para-hydroxylation sites is 1. The number of ketones is 2. The van der Waals surface area contributed by atoms with Gasteiger partial charge in [-0.2, -0.15) is 0 Å². The van der Waals surface area contributed by atoms with E-state index in [1.54, 1.807) is 0 Å². The standard InChI is InChI=1S/C24H19FO3/c1-14-7-12-21-19(13-14)23(18-5-3-4-6-20(18)28-21)22(15(2)26)24(27)16-8-10-17(25)11-9-16/h3-13,22-23H,1-2H3/t22-,23+/m0/s1. The van der Waals surface area contributed by atoms with Crippen LogP contribution < -0.4 is 4.74 Å². The molecule has 1 heterocycles. The predicted molar refractivity (Wildman–Crippen MR) is 104 cm³/mol. The van der Waals surface area contributed by atoms with Crippen LogP contribution in [0.25, 0.3) is 0 Å². The van der Waals surface area contributed by atoms with Crippen molar-refractivity contribution in [2.45, 2.75) is 19.8 Å². The second-order valence-electron chi connectivity index (χ2n) is 7.12. The Morgan fingerprint density at radius 1 is 0.929 bits per heavy atom. The van der Waals surface area contributed by atoms with Gasteiger partial charge >= 0.3 is 0 Å². The quantitative estimate of drug-likeness (QED) is 0.450. The molecule has 1 aliphatic rings. The molecule has 3 aromatic carbocycles. The Labute approximate surface area is 162 Å². The lowest BCUT2D eigenvalue weighted by molar-refractivity contribution is -0.119. The average Bonchev–Trinajstić information content (AvgIpc) is 2.68. The summed E-state index contributed by atoms with van der Waals surface area (Å²) in [7, 11) is 0. The van der Waals surface area contributed by atoms with E-state index in [0.717, 1.165) is 16.7 Å². The summed E-state index contributed by atoms with van der Waals surface area (Å²) < 4.78 is 19.3. The molecule has 1 aliphatic heterocycles. The predicted octanol–water partition coefficient (Wildman–Crippen LogP) is 5.46. The minimum absolute atomic E-state index is 0.233. The van der Waals surface area contributed by atoms with Gasteiger partial charge in [0.1, 0.15) is 23.1 Å². The lowest BCUT2D eigenvalue weighted by Crippen LogP contribution is -2.31. The van der Waals surface area contributed by atoms with Crippen LogP contribution in [0, 0.1) is 18.7 Å². The fourth-order valence-corrected chi connectivity index (χ4v) is 3.84. The van der Waals surface area contributed by atoms with E-state index in [9.17, 15) is 14.0 Å². The zero-order valence-corrected chi connectivity index (χ0v) is 15.6. The van der Waals surface area contributed by atoms with Gasteiger partial charge < -0.3 is 4.74 Å². The molecule has 0 unspecified atom stereocenters. The Morgan fingerprint density at radius 2 is 1.61 bits per heavy atom. The van der Waals surface area contributed by atoms with Gasteiger partial charge in [-0.15, -0.1) is 0 Å². The van der Waals surface area contributed by atoms with Crippen LogP contribution in [0.2, 0.25) is 0 Å². The molecule has 2 atom stereocenters. The highest BCUT2D eigenvalue weighted by Crippen LogP contribution is 2.48. The molecular weight excluding hydrogens is 355 g/mol. The highest BCUT2D eigenvalue weighted by molar-refractivity contribution is 6.11. The summed E-state index contributed by atoms with van der Waals surface area (Å²) in [6, 6.07) is 18.6. The third-order valence-corrected chi connectivity index (χ3v) is 5.16. The highest BCUT2D eigenvalue weighted by Gasteiger charge is 2.40. The van der Waals surface area contributed by atoms with Crippen molar-refractivity contribution in [1.82, 2.24) is 0 Å². The number of carbonyl (C=O) groups excluding carboxylic acids is 2. The third kappa shape index (κ3) is 3.11. The summed E-state index contributed by atoms with van der Waals surface area (Å²) in [5, 5.41) is 0. The van der Waals surface area contributed by atoms with Crippen LogP contribution in [0.15, 0.2) is 66.7 Å². The summed E-state index contributed by atoms with van der Waals surface area (Å²) in [6.45, 7) is 3.39. The molecule has 0 amide bonds. The minimum Gasteiger partial charge on any atom is -0.457 e. The van der Waals surface area contributed by atoms with Gasteiger partial charge in [0.2, 0.25) is 0 Å². The molecule has 0 N–H and O–H groups in total. The van der Waals surface area contributed by atoms with E-state index in [1.165, 1.54) is 31.2 Å². The molecule has 0 saturated carbocycles. The number of hydrogen-bond acceptors (Lipinski definition) is 3. The molecule has 4 heteroatoms. The number of carbonyl (C=O) groups is 2. The van der Waals surface area contributed by atoms with E-state index in [1.807, 2.05) is 49.4 Å². The summed E-state index contributed by atoms with van der Waals surface area (Å²) in [6.07, 6.45) is 0. The van der Waals surface area contributed by atoms with Crippen molar-refractivity contribution < 1.29 is 18.7 Å². The van der Waals surface area contributed by atoms with Crippen molar-refractivity contribution in [3.05, 3.63) is 94.8 Å². The summed E-state index contributed by atoms with van der Waals surface area (Å²) >= 11 is 0. The Hall–Kier alpha value is -3.27. The third-order valence-electron chi connectivity index (χ3n) is 5.16. The number of hydrogen-bond donors (Lipinski definition) is 0. The molecule has 3 aromatic rings. The molecule has 0 bridgehead atoms. The van der Waals surface area contributed by atoms with Gasteiger partial charge in [0.15, 0.2) is 5.78 Å². The van der Waals surface area contributed by atoms with E-state index in [-0.39, 0.29) is 11.6 Å². The topological polar surface area (TPSA) is 43.4 Å². The minimum atomic E-state index is -0.920. The summed E-state index contributed by atoms with van der Waals surface area (Å²) in [4.78, 5) is 26.0. The zero-order valence-electron chi connectivity index (χ0n) is 15.6. The molecule has 0 radical (unpaired) electrons. The number of Topliss-reactive ketones (excluding diaryl/α,β-unsaturated/α-hetero) is 2. The molecule has 0 fully saturated rings. The van der Waals surface area contributed by atoms with Crippen LogP contribution in [0.3, 0.4) is 0 Å². The Kier molecular flexibility index (Phi) is 4.55. The van der Waals surface area contributed by atoms with Crippen molar-refractivity contribution in [2.24, 2.45) is 5.92 Å². The number of ether oxygens (including phenoxy) is 1. The maximum atomic E-state index is 13.3. The Bertz CT molecular complexity index is 1070. The molecule has 4 rings (SSSR count). The Balaban J connectivity index is 1.89. The molecule has 0 aliphatic carbocycles. The van der Waals surface area contributed by atoms with E-state index in [2.05, 4.69) is 0 Å². The SMILES string of the molecule is CC(=O)[C@H](C(=O)c1ccc(F)cc1)[C@@H]1c2ccccc2Oc2ccc(C)cc21. The van der Waals surface area contributed by atoms with Crippen LogP contribution in [0.1, 0.15) is 39.9 Å². The van der Waals surface area contributed by atoms with E-state index in [0.29, 0.717) is 17.1 Å². The van der Waals surface area contributed by atoms with E-state index >= 15 is 0 Å². The first-order valence-corrected chi connectivity index (χ1v) is 9.13. The average molecular weight is 374 g/mol.